The molecule has 0 bridgehead atoms. The molecule has 0 heterocycles. The van der Waals surface area contributed by atoms with Crippen molar-refractivity contribution in [1.82, 2.24) is 0 Å². The summed E-state index contributed by atoms with van der Waals surface area (Å²) >= 11 is 3.14. The molecule has 1 aromatic rings. The number of nitrogens with zero attached hydrogens (tertiary/aromatic N) is 1. The predicted molar refractivity (Wildman–Crippen MR) is 68.4 cm³/mol. The van der Waals surface area contributed by atoms with Gasteiger partial charge in [-0.3, -0.25) is 9.59 Å². The van der Waals surface area contributed by atoms with Gasteiger partial charge in [0.1, 0.15) is 0 Å². The molecule has 1 rings (SSSR count). The van der Waals surface area contributed by atoms with Gasteiger partial charge in [-0.15, -0.1) is 0 Å². The summed E-state index contributed by atoms with van der Waals surface area (Å²) in [6.07, 6.45) is 0. The maximum absolute atomic E-state index is 11.5. The monoisotopic (exact) mass is 283 g/mol. The summed E-state index contributed by atoms with van der Waals surface area (Å²) in [5.74, 6) is 0.0218. The van der Waals surface area contributed by atoms with Crippen LogP contribution in [0.4, 0.5) is 5.69 Å². The van der Waals surface area contributed by atoms with Gasteiger partial charge in [0.15, 0.2) is 5.78 Å². The third kappa shape index (κ3) is 2.70. The van der Waals surface area contributed by atoms with Crippen molar-refractivity contribution in [3.8, 4) is 0 Å². The van der Waals surface area contributed by atoms with Crippen LogP contribution in [0, 0.1) is 6.92 Å². The van der Waals surface area contributed by atoms with E-state index in [2.05, 4.69) is 15.9 Å². The van der Waals surface area contributed by atoms with Crippen molar-refractivity contribution in [2.24, 2.45) is 0 Å². The number of hydrogen-bond acceptors (Lipinski definition) is 2. The number of amides is 1. The van der Waals surface area contributed by atoms with Crippen molar-refractivity contribution in [1.29, 1.82) is 0 Å². The Hall–Kier alpha value is -1.16. The highest BCUT2D eigenvalue weighted by Gasteiger charge is 2.11. The summed E-state index contributed by atoms with van der Waals surface area (Å²) in [5, 5.41) is 0.315. The SMILES string of the molecule is CC(=O)N(C)c1ccc(C(=O)CBr)c(C)c1. The van der Waals surface area contributed by atoms with E-state index in [-0.39, 0.29) is 11.7 Å². The molecule has 0 radical (unpaired) electrons. The molecular weight excluding hydrogens is 270 g/mol. The molecule has 0 atom stereocenters. The van der Waals surface area contributed by atoms with Crippen LogP contribution in [0.5, 0.6) is 0 Å². The quantitative estimate of drug-likeness (QED) is 0.632. The maximum atomic E-state index is 11.5. The fourth-order valence-electron chi connectivity index (χ4n) is 1.42. The lowest BCUT2D eigenvalue weighted by atomic mass is 10.0. The topological polar surface area (TPSA) is 37.4 Å². The minimum absolute atomic E-state index is 0.0287. The second-order valence-electron chi connectivity index (χ2n) is 3.63. The van der Waals surface area contributed by atoms with E-state index in [1.807, 2.05) is 13.0 Å². The standard InChI is InChI=1S/C12H14BrNO2/c1-8-6-10(14(3)9(2)15)4-5-11(8)12(16)7-13/h4-6H,7H2,1-3H3. The molecule has 3 nitrogen and oxygen atoms in total. The Morgan fingerprint density at radius 2 is 2.00 bits per heavy atom. The van der Waals surface area contributed by atoms with E-state index in [4.69, 9.17) is 0 Å². The Bertz CT molecular complexity index is 429. The second-order valence-corrected chi connectivity index (χ2v) is 4.19. The second kappa shape index (κ2) is 5.25. The number of Topliss-reactive ketones (excluding diaryl/α,β-unsaturated/α-hetero) is 1. The molecular formula is C12H14BrNO2. The van der Waals surface area contributed by atoms with E-state index in [1.54, 1.807) is 24.1 Å². The molecule has 0 aliphatic rings. The number of aryl methyl sites for hydroxylation is 1. The van der Waals surface area contributed by atoms with E-state index in [1.165, 1.54) is 6.92 Å². The highest BCUT2D eigenvalue weighted by atomic mass is 79.9. The molecule has 0 spiro atoms. The molecule has 86 valence electrons. The molecule has 0 aliphatic carbocycles. The number of carbonyl (C=O) groups excluding carboxylic acids is 2. The molecule has 0 aliphatic heterocycles. The Kier molecular flexibility index (Phi) is 4.24. The van der Waals surface area contributed by atoms with Crippen LogP contribution >= 0.6 is 15.9 Å². The van der Waals surface area contributed by atoms with Gasteiger partial charge in [0.05, 0.1) is 5.33 Å². The molecule has 1 amide bonds. The molecule has 0 N–H and O–H groups in total. The Morgan fingerprint density at radius 3 is 2.44 bits per heavy atom. The van der Waals surface area contributed by atoms with Crippen LogP contribution in [0.3, 0.4) is 0 Å². The Labute approximate surface area is 104 Å². The van der Waals surface area contributed by atoms with Crippen LogP contribution in [-0.4, -0.2) is 24.1 Å². The highest BCUT2D eigenvalue weighted by molar-refractivity contribution is 9.09. The normalized spacial score (nSPS) is 10.0. The van der Waals surface area contributed by atoms with Crippen molar-refractivity contribution in [3.63, 3.8) is 0 Å². The molecule has 1 aromatic carbocycles. The summed E-state index contributed by atoms with van der Waals surface area (Å²) < 4.78 is 0. The summed E-state index contributed by atoms with van der Waals surface area (Å²) in [7, 11) is 1.71. The molecule has 0 aromatic heterocycles. The van der Waals surface area contributed by atoms with Gasteiger partial charge in [0, 0.05) is 25.2 Å². The van der Waals surface area contributed by atoms with Crippen LogP contribution in [0.25, 0.3) is 0 Å². The summed E-state index contributed by atoms with van der Waals surface area (Å²) in [4.78, 5) is 24.3. The minimum atomic E-state index is -0.0287. The minimum Gasteiger partial charge on any atom is -0.316 e. The number of hydrogen-bond donors (Lipinski definition) is 0. The lowest BCUT2D eigenvalue weighted by Crippen LogP contribution is -2.23. The number of halogens is 1. The number of rotatable bonds is 3. The van der Waals surface area contributed by atoms with Crippen LogP contribution in [0.1, 0.15) is 22.8 Å². The first kappa shape index (κ1) is 12.9. The van der Waals surface area contributed by atoms with Crippen molar-refractivity contribution in [2.45, 2.75) is 13.8 Å². The van der Waals surface area contributed by atoms with Crippen molar-refractivity contribution >= 4 is 33.3 Å². The Balaban J connectivity index is 3.08. The average Bonchev–Trinajstić information content (AvgIpc) is 2.26. The fourth-order valence-corrected chi connectivity index (χ4v) is 1.73. The fraction of sp³-hybridized carbons (Fsp3) is 0.333. The first-order valence-corrected chi connectivity index (χ1v) is 6.03. The van der Waals surface area contributed by atoms with Crippen LogP contribution in [-0.2, 0) is 4.79 Å². The zero-order chi connectivity index (χ0) is 12.3. The van der Waals surface area contributed by atoms with E-state index >= 15 is 0 Å². The lowest BCUT2D eigenvalue weighted by Gasteiger charge is -2.16. The highest BCUT2D eigenvalue weighted by Crippen LogP contribution is 2.19. The molecule has 16 heavy (non-hydrogen) atoms. The first-order chi connectivity index (χ1) is 7.47. The van der Waals surface area contributed by atoms with Gasteiger partial charge >= 0.3 is 0 Å². The number of ketones is 1. The molecule has 0 unspecified atom stereocenters. The number of anilines is 1. The number of benzene rings is 1. The lowest BCUT2D eigenvalue weighted by molar-refractivity contribution is -0.116. The van der Waals surface area contributed by atoms with Crippen LogP contribution in [0.2, 0.25) is 0 Å². The van der Waals surface area contributed by atoms with Gasteiger partial charge in [-0.25, -0.2) is 0 Å². The molecule has 4 heteroatoms. The number of alkyl halides is 1. The van der Waals surface area contributed by atoms with Crippen LogP contribution in [0.15, 0.2) is 18.2 Å². The average molecular weight is 284 g/mol. The van der Waals surface area contributed by atoms with Gasteiger partial charge in [0.2, 0.25) is 5.91 Å². The summed E-state index contributed by atoms with van der Waals surface area (Å²) in [6, 6.07) is 5.38. The largest absolute Gasteiger partial charge is 0.316 e. The van der Waals surface area contributed by atoms with Gasteiger partial charge in [-0.05, 0) is 30.7 Å². The molecule has 0 saturated heterocycles. The van der Waals surface area contributed by atoms with Crippen molar-refractivity contribution in [2.75, 3.05) is 17.3 Å². The van der Waals surface area contributed by atoms with Gasteiger partial charge in [-0.1, -0.05) is 15.9 Å². The van der Waals surface area contributed by atoms with E-state index in [9.17, 15) is 9.59 Å². The summed E-state index contributed by atoms with van der Waals surface area (Å²) in [5.41, 5.74) is 2.38. The van der Waals surface area contributed by atoms with Crippen molar-refractivity contribution < 1.29 is 9.59 Å². The van der Waals surface area contributed by atoms with E-state index < -0.39 is 0 Å². The Morgan fingerprint density at radius 1 is 1.38 bits per heavy atom. The van der Waals surface area contributed by atoms with E-state index in [0.29, 0.717) is 10.9 Å². The van der Waals surface area contributed by atoms with Gasteiger partial charge in [-0.2, -0.15) is 0 Å². The van der Waals surface area contributed by atoms with Gasteiger partial charge < -0.3 is 4.90 Å². The van der Waals surface area contributed by atoms with Crippen LogP contribution < -0.4 is 4.90 Å². The number of carbonyl (C=O) groups is 2. The van der Waals surface area contributed by atoms with E-state index in [0.717, 1.165) is 11.3 Å². The van der Waals surface area contributed by atoms with Gasteiger partial charge in [0.25, 0.3) is 0 Å². The molecule has 0 saturated carbocycles. The van der Waals surface area contributed by atoms with Crippen molar-refractivity contribution in [3.05, 3.63) is 29.3 Å². The zero-order valence-corrected chi connectivity index (χ0v) is 11.2. The predicted octanol–water partition coefficient (Wildman–Crippen LogP) is 2.56. The maximum Gasteiger partial charge on any atom is 0.223 e. The smallest absolute Gasteiger partial charge is 0.223 e. The third-order valence-corrected chi connectivity index (χ3v) is 3.00. The zero-order valence-electron chi connectivity index (χ0n) is 9.58. The third-order valence-electron chi connectivity index (χ3n) is 2.49. The summed E-state index contributed by atoms with van der Waals surface area (Å²) in [6.45, 7) is 3.38. The molecule has 0 fully saturated rings. The first-order valence-electron chi connectivity index (χ1n) is 4.91.